The molecule has 2 fully saturated rings. The lowest BCUT2D eigenvalue weighted by Gasteiger charge is -2.43. The highest BCUT2D eigenvalue weighted by atomic mass is 79.9. The van der Waals surface area contributed by atoms with E-state index in [-0.39, 0.29) is 0 Å². The number of hydrogen-bond donors (Lipinski definition) is 0. The topological polar surface area (TPSA) is 3.24 Å². The van der Waals surface area contributed by atoms with E-state index in [1.807, 2.05) is 0 Å². The predicted octanol–water partition coefficient (Wildman–Crippen LogP) is 4.55. The summed E-state index contributed by atoms with van der Waals surface area (Å²) >= 11 is 5.98. The molecule has 1 saturated heterocycles. The van der Waals surface area contributed by atoms with Crippen molar-refractivity contribution in [2.75, 3.05) is 24.2 Å². The van der Waals surface area contributed by atoms with Crippen LogP contribution in [0.25, 0.3) is 0 Å². The fourth-order valence-corrected chi connectivity index (χ4v) is 5.36. The summed E-state index contributed by atoms with van der Waals surface area (Å²) in [7, 11) is 0. The Morgan fingerprint density at radius 2 is 1.83 bits per heavy atom. The van der Waals surface area contributed by atoms with Crippen molar-refractivity contribution >= 4 is 27.7 Å². The molecule has 2 atom stereocenters. The van der Waals surface area contributed by atoms with Crippen LogP contribution in [0.5, 0.6) is 0 Å². The first-order valence-corrected chi connectivity index (χ1v) is 9.75. The van der Waals surface area contributed by atoms with E-state index >= 15 is 0 Å². The quantitative estimate of drug-likeness (QED) is 0.550. The van der Waals surface area contributed by atoms with Gasteiger partial charge in [-0.1, -0.05) is 48.5 Å². The molecule has 0 aromatic rings. The first-order chi connectivity index (χ1) is 8.67. The highest BCUT2D eigenvalue weighted by Gasteiger charge is 2.35. The molecule has 0 aromatic carbocycles. The van der Waals surface area contributed by atoms with E-state index in [0.717, 1.165) is 11.3 Å². The van der Waals surface area contributed by atoms with Crippen molar-refractivity contribution in [3.63, 3.8) is 0 Å². The minimum atomic E-state index is 0.562. The van der Waals surface area contributed by atoms with Crippen LogP contribution in [-0.2, 0) is 0 Å². The lowest BCUT2D eigenvalue weighted by Crippen LogP contribution is -2.50. The van der Waals surface area contributed by atoms with Gasteiger partial charge < -0.3 is 0 Å². The SMILES string of the molecule is CC1SCCN(CC2(CBr)CCCCCC2)C1C. The van der Waals surface area contributed by atoms with E-state index in [9.17, 15) is 0 Å². The molecular weight excluding hydrogens is 306 g/mol. The average molecular weight is 334 g/mol. The third-order valence-electron chi connectivity index (χ3n) is 5.00. The first kappa shape index (κ1) is 15.2. The molecule has 3 heteroatoms. The fraction of sp³-hybridized carbons (Fsp3) is 1.00. The van der Waals surface area contributed by atoms with Crippen LogP contribution >= 0.6 is 27.7 Å². The zero-order valence-corrected chi connectivity index (χ0v) is 14.4. The van der Waals surface area contributed by atoms with Crippen LogP contribution in [-0.4, -0.2) is 40.4 Å². The van der Waals surface area contributed by atoms with Crippen molar-refractivity contribution in [1.29, 1.82) is 0 Å². The van der Waals surface area contributed by atoms with E-state index in [2.05, 4.69) is 46.4 Å². The zero-order chi connectivity index (χ0) is 13.0. The van der Waals surface area contributed by atoms with Crippen LogP contribution in [0, 0.1) is 5.41 Å². The smallest absolute Gasteiger partial charge is 0.0184 e. The molecule has 18 heavy (non-hydrogen) atoms. The van der Waals surface area contributed by atoms with Gasteiger partial charge in [0.05, 0.1) is 0 Å². The van der Waals surface area contributed by atoms with Crippen LogP contribution in [0.4, 0.5) is 0 Å². The van der Waals surface area contributed by atoms with E-state index in [0.29, 0.717) is 5.41 Å². The molecule has 0 radical (unpaired) electrons. The molecule has 2 unspecified atom stereocenters. The van der Waals surface area contributed by atoms with Crippen molar-refractivity contribution in [1.82, 2.24) is 4.90 Å². The Balaban J connectivity index is 1.99. The second-order valence-electron chi connectivity index (χ2n) is 6.33. The Labute approximate surface area is 126 Å². The van der Waals surface area contributed by atoms with Crippen molar-refractivity contribution in [2.24, 2.45) is 5.41 Å². The standard InChI is InChI=1S/C15H28BrNS/c1-13-14(2)18-10-9-17(13)12-15(11-16)7-5-3-4-6-8-15/h13-14H,3-12H2,1-2H3. The Bertz CT molecular complexity index is 251. The van der Waals surface area contributed by atoms with Crippen LogP contribution in [0.2, 0.25) is 0 Å². The number of hydrogen-bond acceptors (Lipinski definition) is 2. The number of nitrogens with zero attached hydrogens (tertiary/aromatic N) is 1. The van der Waals surface area contributed by atoms with Gasteiger partial charge >= 0.3 is 0 Å². The maximum Gasteiger partial charge on any atom is 0.0184 e. The summed E-state index contributed by atoms with van der Waals surface area (Å²) in [5.74, 6) is 1.32. The van der Waals surface area contributed by atoms with E-state index in [1.54, 1.807) is 0 Å². The maximum atomic E-state index is 3.83. The largest absolute Gasteiger partial charge is 0.298 e. The molecule has 0 aromatic heterocycles. The second kappa shape index (κ2) is 6.99. The highest BCUT2D eigenvalue weighted by Crippen LogP contribution is 2.39. The Morgan fingerprint density at radius 1 is 1.17 bits per heavy atom. The first-order valence-electron chi connectivity index (χ1n) is 7.58. The maximum absolute atomic E-state index is 3.83. The van der Waals surface area contributed by atoms with E-state index in [1.165, 1.54) is 62.7 Å². The predicted molar refractivity (Wildman–Crippen MR) is 86.9 cm³/mol. The molecule has 1 saturated carbocycles. The molecule has 0 amide bonds. The van der Waals surface area contributed by atoms with Gasteiger partial charge in [-0.2, -0.15) is 11.8 Å². The van der Waals surface area contributed by atoms with Gasteiger partial charge in [-0.3, -0.25) is 4.90 Å². The van der Waals surface area contributed by atoms with Gasteiger partial charge in [-0.05, 0) is 25.2 Å². The summed E-state index contributed by atoms with van der Waals surface area (Å²) in [5.41, 5.74) is 0.562. The fourth-order valence-electron chi connectivity index (χ4n) is 3.46. The minimum Gasteiger partial charge on any atom is -0.298 e. The summed E-state index contributed by atoms with van der Waals surface area (Å²) in [6.45, 7) is 7.44. The lowest BCUT2D eigenvalue weighted by molar-refractivity contribution is 0.119. The second-order valence-corrected chi connectivity index (χ2v) is 8.38. The monoisotopic (exact) mass is 333 g/mol. The van der Waals surface area contributed by atoms with Gasteiger partial charge in [0.1, 0.15) is 0 Å². The Morgan fingerprint density at radius 3 is 2.44 bits per heavy atom. The van der Waals surface area contributed by atoms with Crippen molar-refractivity contribution in [3.05, 3.63) is 0 Å². The van der Waals surface area contributed by atoms with Crippen LogP contribution in [0.1, 0.15) is 52.4 Å². The van der Waals surface area contributed by atoms with Crippen LogP contribution < -0.4 is 0 Å². The molecule has 1 aliphatic carbocycles. The normalized spacial score (nSPS) is 34.2. The Hall–Kier alpha value is 0.790. The summed E-state index contributed by atoms with van der Waals surface area (Å²) in [5, 5.41) is 2.00. The molecule has 2 aliphatic rings. The van der Waals surface area contributed by atoms with Crippen molar-refractivity contribution in [2.45, 2.75) is 63.7 Å². The molecule has 1 heterocycles. The van der Waals surface area contributed by atoms with Gasteiger partial charge in [0.2, 0.25) is 0 Å². The van der Waals surface area contributed by atoms with E-state index < -0.39 is 0 Å². The zero-order valence-electron chi connectivity index (χ0n) is 12.0. The van der Waals surface area contributed by atoms with Gasteiger partial charge in [-0.25, -0.2) is 0 Å². The van der Waals surface area contributed by atoms with Gasteiger partial charge in [0.15, 0.2) is 0 Å². The van der Waals surface area contributed by atoms with Crippen LogP contribution in [0.15, 0.2) is 0 Å². The van der Waals surface area contributed by atoms with Gasteiger partial charge in [0, 0.05) is 35.5 Å². The van der Waals surface area contributed by atoms with Crippen molar-refractivity contribution < 1.29 is 0 Å². The number of alkyl halides is 1. The third-order valence-corrected chi connectivity index (χ3v) is 7.53. The summed E-state index contributed by atoms with van der Waals surface area (Å²) < 4.78 is 0. The van der Waals surface area contributed by atoms with Crippen LogP contribution in [0.3, 0.4) is 0 Å². The highest BCUT2D eigenvalue weighted by molar-refractivity contribution is 9.09. The number of rotatable bonds is 3. The number of halogens is 1. The lowest BCUT2D eigenvalue weighted by atomic mass is 9.81. The molecule has 0 bridgehead atoms. The number of thioether (sulfide) groups is 1. The van der Waals surface area contributed by atoms with Gasteiger partial charge in [-0.15, -0.1) is 0 Å². The molecule has 2 rings (SSSR count). The molecule has 106 valence electrons. The molecule has 1 aliphatic heterocycles. The van der Waals surface area contributed by atoms with Gasteiger partial charge in [0.25, 0.3) is 0 Å². The average Bonchev–Trinajstić information content (AvgIpc) is 2.61. The molecule has 1 nitrogen and oxygen atoms in total. The summed E-state index contributed by atoms with van der Waals surface area (Å²) in [6, 6.07) is 0.753. The molecular formula is C15H28BrNS. The minimum absolute atomic E-state index is 0.562. The summed E-state index contributed by atoms with van der Waals surface area (Å²) in [4.78, 5) is 2.77. The van der Waals surface area contributed by atoms with E-state index in [4.69, 9.17) is 0 Å². The summed E-state index contributed by atoms with van der Waals surface area (Å²) in [6.07, 6.45) is 8.66. The Kier molecular flexibility index (Phi) is 5.89. The third kappa shape index (κ3) is 3.67. The molecule has 0 N–H and O–H groups in total. The molecule has 0 spiro atoms. The van der Waals surface area contributed by atoms with Crippen molar-refractivity contribution in [3.8, 4) is 0 Å².